The van der Waals surface area contributed by atoms with E-state index in [9.17, 15) is 18.4 Å². The molecular formula is C16H19F2NO3. The molecule has 0 heterocycles. The highest BCUT2D eigenvalue weighted by molar-refractivity contribution is 5.87. The molecule has 1 aliphatic rings. The zero-order chi connectivity index (χ0) is 16.4. The Labute approximate surface area is 127 Å². The Hall–Kier alpha value is -1.98. The molecule has 2 N–H and O–H groups in total. The molecule has 0 saturated heterocycles. The topological polar surface area (TPSA) is 66.4 Å². The van der Waals surface area contributed by atoms with Crippen LogP contribution < -0.4 is 5.32 Å². The van der Waals surface area contributed by atoms with Gasteiger partial charge in [0.1, 0.15) is 6.04 Å². The molecule has 0 spiro atoms. The summed E-state index contributed by atoms with van der Waals surface area (Å²) in [7, 11) is 0. The minimum atomic E-state index is -1.06. The Balaban J connectivity index is 1.97. The Bertz CT molecular complexity index is 589. The van der Waals surface area contributed by atoms with E-state index >= 15 is 0 Å². The Morgan fingerprint density at radius 1 is 1.32 bits per heavy atom. The number of halogens is 2. The van der Waals surface area contributed by atoms with E-state index < -0.39 is 23.6 Å². The maximum Gasteiger partial charge on any atom is 0.326 e. The van der Waals surface area contributed by atoms with Gasteiger partial charge in [-0.25, -0.2) is 13.6 Å². The molecule has 4 nitrogen and oxygen atoms in total. The molecule has 1 aromatic rings. The van der Waals surface area contributed by atoms with Crippen LogP contribution in [0.15, 0.2) is 18.2 Å². The molecule has 3 unspecified atom stereocenters. The monoisotopic (exact) mass is 311 g/mol. The van der Waals surface area contributed by atoms with Crippen LogP contribution in [0.5, 0.6) is 0 Å². The number of hydrogen-bond donors (Lipinski definition) is 2. The lowest BCUT2D eigenvalue weighted by Gasteiger charge is -2.16. The van der Waals surface area contributed by atoms with E-state index in [2.05, 4.69) is 5.32 Å². The summed E-state index contributed by atoms with van der Waals surface area (Å²) < 4.78 is 26.1. The summed E-state index contributed by atoms with van der Waals surface area (Å²) in [5.41, 5.74) is 0.565. The van der Waals surface area contributed by atoms with Crippen LogP contribution in [-0.4, -0.2) is 23.0 Å². The number of carboxylic acids is 1. The van der Waals surface area contributed by atoms with Crippen LogP contribution in [0.2, 0.25) is 0 Å². The highest BCUT2D eigenvalue weighted by atomic mass is 19.2. The lowest BCUT2D eigenvalue weighted by atomic mass is 10.0. The van der Waals surface area contributed by atoms with Crippen molar-refractivity contribution in [3.8, 4) is 0 Å². The molecule has 1 aliphatic carbocycles. The van der Waals surface area contributed by atoms with Gasteiger partial charge in [0.2, 0.25) is 5.91 Å². The summed E-state index contributed by atoms with van der Waals surface area (Å²) in [6.07, 6.45) is 0.870. The van der Waals surface area contributed by atoms with E-state index in [-0.39, 0.29) is 23.7 Å². The van der Waals surface area contributed by atoms with Gasteiger partial charge in [-0.15, -0.1) is 0 Å². The zero-order valence-electron chi connectivity index (χ0n) is 12.5. The molecule has 0 bridgehead atoms. The highest BCUT2D eigenvalue weighted by Gasteiger charge is 2.45. The molecule has 6 heteroatoms. The number of carboxylic acid groups (broad SMARTS) is 1. The van der Waals surface area contributed by atoms with Crippen molar-refractivity contribution in [3.63, 3.8) is 0 Å². The largest absolute Gasteiger partial charge is 0.480 e. The molecule has 3 atom stereocenters. The number of amides is 1. The molecular weight excluding hydrogens is 292 g/mol. The molecule has 0 aromatic heterocycles. The van der Waals surface area contributed by atoms with Gasteiger partial charge in [0, 0.05) is 5.92 Å². The molecule has 2 rings (SSSR count). The fraction of sp³-hybridized carbons (Fsp3) is 0.500. The maximum atomic E-state index is 13.2. The minimum Gasteiger partial charge on any atom is -0.480 e. The summed E-state index contributed by atoms with van der Waals surface area (Å²) in [6, 6.07) is 2.67. The maximum absolute atomic E-state index is 13.2. The van der Waals surface area contributed by atoms with Crippen LogP contribution in [0, 0.1) is 23.5 Å². The van der Waals surface area contributed by atoms with E-state index in [1.807, 2.05) is 13.8 Å². The Morgan fingerprint density at radius 2 is 2.00 bits per heavy atom. The van der Waals surface area contributed by atoms with Crippen LogP contribution in [0.1, 0.15) is 38.2 Å². The van der Waals surface area contributed by atoms with Crippen molar-refractivity contribution in [2.75, 3.05) is 0 Å². The Kier molecular flexibility index (Phi) is 4.78. The molecule has 1 saturated carbocycles. The highest BCUT2D eigenvalue weighted by Crippen LogP contribution is 2.47. The van der Waals surface area contributed by atoms with Crippen molar-refractivity contribution in [1.82, 2.24) is 5.32 Å². The summed E-state index contributed by atoms with van der Waals surface area (Å²) in [5.74, 6) is -3.68. The third-order valence-electron chi connectivity index (χ3n) is 3.82. The van der Waals surface area contributed by atoms with Gasteiger partial charge in [-0.1, -0.05) is 19.9 Å². The first-order valence-corrected chi connectivity index (χ1v) is 7.27. The van der Waals surface area contributed by atoms with Gasteiger partial charge >= 0.3 is 5.97 Å². The normalized spacial score (nSPS) is 21.5. The van der Waals surface area contributed by atoms with Gasteiger partial charge in [-0.05, 0) is 42.4 Å². The van der Waals surface area contributed by atoms with Crippen LogP contribution in [0.4, 0.5) is 8.78 Å². The van der Waals surface area contributed by atoms with Gasteiger partial charge in [0.05, 0.1) is 0 Å². The predicted octanol–water partition coefficient (Wildman–Crippen LogP) is 2.68. The van der Waals surface area contributed by atoms with Crippen molar-refractivity contribution in [2.24, 2.45) is 11.8 Å². The van der Waals surface area contributed by atoms with E-state index in [0.29, 0.717) is 18.4 Å². The van der Waals surface area contributed by atoms with Crippen LogP contribution in [0.3, 0.4) is 0 Å². The lowest BCUT2D eigenvalue weighted by molar-refractivity contribution is -0.142. The van der Waals surface area contributed by atoms with Crippen molar-refractivity contribution in [3.05, 3.63) is 35.4 Å². The summed E-state index contributed by atoms with van der Waals surface area (Å²) in [5, 5.41) is 11.6. The van der Waals surface area contributed by atoms with E-state index in [0.717, 1.165) is 12.1 Å². The molecule has 1 aromatic carbocycles. The number of hydrogen-bond acceptors (Lipinski definition) is 2. The quantitative estimate of drug-likeness (QED) is 0.849. The summed E-state index contributed by atoms with van der Waals surface area (Å²) in [4.78, 5) is 23.2. The third-order valence-corrected chi connectivity index (χ3v) is 3.82. The fourth-order valence-corrected chi connectivity index (χ4v) is 2.57. The first-order chi connectivity index (χ1) is 10.3. The molecule has 0 aliphatic heterocycles. The van der Waals surface area contributed by atoms with Gasteiger partial charge in [-0.2, -0.15) is 0 Å². The molecule has 120 valence electrons. The standard InChI is InChI=1S/C16H19F2NO3/c1-8(2)5-14(16(21)22)19-15(20)11-7-10(11)9-3-4-12(17)13(18)6-9/h3-4,6,8,10-11,14H,5,7H2,1-2H3,(H,19,20)(H,21,22). The van der Waals surface area contributed by atoms with Crippen molar-refractivity contribution < 1.29 is 23.5 Å². The molecule has 1 amide bonds. The number of carbonyl (C=O) groups excluding carboxylic acids is 1. The first kappa shape index (κ1) is 16.4. The van der Waals surface area contributed by atoms with Gasteiger partial charge < -0.3 is 10.4 Å². The van der Waals surface area contributed by atoms with Crippen molar-refractivity contribution in [2.45, 2.75) is 38.6 Å². The average molecular weight is 311 g/mol. The lowest BCUT2D eigenvalue weighted by Crippen LogP contribution is -2.42. The second-order valence-electron chi connectivity index (χ2n) is 6.15. The van der Waals surface area contributed by atoms with Gasteiger partial charge in [0.25, 0.3) is 0 Å². The number of carbonyl (C=O) groups is 2. The van der Waals surface area contributed by atoms with E-state index in [1.54, 1.807) is 0 Å². The average Bonchev–Trinajstić information content (AvgIpc) is 3.21. The number of nitrogens with one attached hydrogen (secondary N) is 1. The first-order valence-electron chi connectivity index (χ1n) is 7.27. The minimum absolute atomic E-state index is 0.141. The number of benzene rings is 1. The Morgan fingerprint density at radius 3 is 2.55 bits per heavy atom. The zero-order valence-corrected chi connectivity index (χ0v) is 12.5. The number of aliphatic carboxylic acids is 1. The summed E-state index contributed by atoms with van der Waals surface area (Å²) in [6.45, 7) is 3.76. The summed E-state index contributed by atoms with van der Waals surface area (Å²) >= 11 is 0. The van der Waals surface area contributed by atoms with Gasteiger partial charge in [-0.3, -0.25) is 4.79 Å². The SMILES string of the molecule is CC(C)CC(NC(=O)C1CC1c1ccc(F)c(F)c1)C(=O)O. The van der Waals surface area contributed by atoms with Crippen LogP contribution in [-0.2, 0) is 9.59 Å². The van der Waals surface area contributed by atoms with Gasteiger partial charge in [0.15, 0.2) is 11.6 Å². The number of rotatable bonds is 6. The molecule has 22 heavy (non-hydrogen) atoms. The van der Waals surface area contributed by atoms with Crippen LogP contribution in [0.25, 0.3) is 0 Å². The fourth-order valence-electron chi connectivity index (χ4n) is 2.57. The van der Waals surface area contributed by atoms with E-state index in [4.69, 9.17) is 5.11 Å². The molecule has 0 radical (unpaired) electrons. The van der Waals surface area contributed by atoms with E-state index in [1.165, 1.54) is 6.07 Å². The second-order valence-corrected chi connectivity index (χ2v) is 6.15. The second kappa shape index (κ2) is 6.42. The predicted molar refractivity (Wildman–Crippen MR) is 76.2 cm³/mol. The van der Waals surface area contributed by atoms with Crippen molar-refractivity contribution in [1.29, 1.82) is 0 Å². The van der Waals surface area contributed by atoms with Crippen molar-refractivity contribution >= 4 is 11.9 Å². The third kappa shape index (κ3) is 3.81. The van der Waals surface area contributed by atoms with Crippen LogP contribution >= 0.6 is 0 Å². The molecule has 1 fully saturated rings. The smallest absolute Gasteiger partial charge is 0.326 e.